The normalized spacial score (nSPS) is 18.8. The number of ether oxygens (including phenoxy) is 3. The first-order valence-corrected chi connectivity index (χ1v) is 14.0. The fraction of sp³-hybridized carbons (Fsp3) is 0.484. The molecule has 1 heterocycles. The van der Waals surface area contributed by atoms with Gasteiger partial charge in [0.25, 0.3) is 0 Å². The zero-order valence-corrected chi connectivity index (χ0v) is 26.2. The molecular weight excluding hydrogens is 562 g/mol. The van der Waals surface area contributed by atoms with Gasteiger partial charge in [0.05, 0.1) is 7.11 Å². The molecule has 11 heteroatoms. The molecule has 0 spiro atoms. The van der Waals surface area contributed by atoms with Crippen molar-refractivity contribution in [3.05, 3.63) is 71.2 Å². The average molecular weight is 606 g/mol. The van der Waals surface area contributed by atoms with Gasteiger partial charge >= 0.3 is 12.1 Å². The summed E-state index contributed by atoms with van der Waals surface area (Å²) < 4.78 is 15.5. The molecule has 1 aliphatic rings. The molecule has 10 nitrogen and oxygen atoms in total. The molecule has 0 aliphatic carbocycles. The predicted molar refractivity (Wildman–Crippen MR) is 163 cm³/mol. The quantitative estimate of drug-likeness (QED) is 0.142. The highest BCUT2D eigenvalue weighted by molar-refractivity contribution is 6.29. The van der Waals surface area contributed by atoms with E-state index in [1.165, 1.54) is 19.4 Å². The highest BCUT2D eigenvalue weighted by atomic mass is 35.5. The third-order valence-corrected chi connectivity index (χ3v) is 6.30. The van der Waals surface area contributed by atoms with Crippen molar-refractivity contribution in [2.45, 2.75) is 79.1 Å². The average Bonchev–Trinajstić information content (AvgIpc) is 2.89. The molecule has 1 unspecified atom stereocenters. The summed E-state index contributed by atoms with van der Waals surface area (Å²) in [6.45, 7) is 11.1. The lowest BCUT2D eigenvalue weighted by Gasteiger charge is -2.29. The SMILES string of the molecule is COC1=CCC([C@@H](C)/C=C(C)/C=C\C=C/C(=O)N[C@H](C(=O)N/C=C\C[C@H](C/C=C(\C)Cl)OC(N)=O)C(C)(C)C)OC1=O. The molecule has 232 valence electrons. The summed E-state index contributed by atoms with van der Waals surface area (Å²) in [4.78, 5) is 48.5. The Labute approximate surface area is 253 Å². The lowest BCUT2D eigenvalue weighted by Crippen LogP contribution is -2.52. The maximum Gasteiger partial charge on any atom is 0.404 e. The van der Waals surface area contributed by atoms with E-state index in [-0.39, 0.29) is 17.8 Å². The molecule has 0 fully saturated rings. The van der Waals surface area contributed by atoms with Crippen molar-refractivity contribution in [1.29, 1.82) is 0 Å². The third-order valence-electron chi connectivity index (χ3n) is 6.15. The van der Waals surface area contributed by atoms with Crippen molar-refractivity contribution in [2.24, 2.45) is 17.1 Å². The number of cyclic esters (lactones) is 1. The Bertz CT molecular complexity index is 1140. The van der Waals surface area contributed by atoms with Gasteiger partial charge in [-0.25, -0.2) is 9.59 Å². The Morgan fingerprint density at radius 1 is 1.19 bits per heavy atom. The maximum absolute atomic E-state index is 12.9. The number of carbonyl (C=O) groups excluding carboxylic acids is 4. The highest BCUT2D eigenvalue weighted by Gasteiger charge is 2.32. The molecule has 0 aromatic carbocycles. The molecule has 0 saturated carbocycles. The summed E-state index contributed by atoms with van der Waals surface area (Å²) in [5, 5.41) is 5.98. The minimum Gasteiger partial charge on any atom is -0.490 e. The molecule has 3 amide bonds. The number of amides is 3. The molecule has 0 aromatic rings. The second-order valence-electron chi connectivity index (χ2n) is 11.0. The summed E-state index contributed by atoms with van der Waals surface area (Å²) in [5.74, 6) is -1.10. The first-order valence-electron chi connectivity index (χ1n) is 13.7. The van der Waals surface area contributed by atoms with Gasteiger partial charge in [-0.3, -0.25) is 9.59 Å². The Kier molecular flexibility index (Phi) is 15.4. The number of methoxy groups -OCH3 is 1. The predicted octanol–water partition coefficient (Wildman–Crippen LogP) is 5.07. The van der Waals surface area contributed by atoms with Gasteiger partial charge in [-0.2, -0.15) is 0 Å². The number of nitrogens with two attached hydrogens (primary N) is 1. The van der Waals surface area contributed by atoms with E-state index < -0.39 is 41.4 Å². The fourth-order valence-electron chi connectivity index (χ4n) is 3.93. The van der Waals surface area contributed by atoms with Gasteiger partial charge in [0.2, 0.25) is 11.8 Å². The Balaban J connectivity index is 2.70. The minimum atomic E-state index is -0.900. The maximum atomic E-state index is 12.9. The largest absolute Gasteiger partial charge is 0.490 e. The molecule has 42 heavy (non-hydrogen) atoms. The Hall–Kier alpha value is -3.79. The zero-order valence-electron chi connectivity index (χ0n) is 25.4. The number of hydrogen-bond donors (Lipinski definition) is 3. The second kappa shape index (κ2) is 17.9. The van der Waals surface area contributed by atoms with Gasteiger partial charge in [-0.1, -0.05) is 81.3 Å². The van der Waals surface area contributed by atoms with Crippen LogP contribution in [-0.4, -0.2) is 49.2 Å². The highest BCUT2D eigenvalue weighted by Crippen LogP contribution is 2.23. The molecule has 0 aromatic heterocycles. The summed E-state index contributed by atoms with van der Waals surface area (Å²) in [5.41, 5.74) is 5.48. The van der Waals surface area contributed by atoms with Crippen LogP contribution in [0.3, 0.4) is 0 Å². The van der Waals surface area contributed by atoms with Gasteiger partial charge < -0.3 is 30.6 Å². The number of esters is 1. The molecule has 0 radical (unpaired) electrons. The lowest BCUT2D eigenvalue weighted by molar-refractivity contribution is -0.151. The van der Waals surface area contributed by atoms with Gasteiger partial charge in [0.1, 0.15) is 18.2 Å². The van der Waals surface area contributed by atoms with E-state index >= 15 is 0 Å². The minimum absolute atomic E-state index is 0.0196. The van der Waals surface area contributed by atoms with Crippen LogP contribution in [0.5, 0.6) is 0 Å². The number of rotatable bonds is 14. The topological polar surface area (TPSA) is 146 Å². The Morgan fingerprint density at radius 2 is 1.86 bits per heavy atom. The van der Waals surface area contributed by atoms with Crippen molar-refractivity contribution in [1.82, 2.24) is 10.6 Å². The standard InChI is InChI=1S/C31H44ClN3O7/c1-20(19-21(2)24-16-17-25(40-7)29(38)42-24)11-8-9-13-26(36)35-27(31(4,5)6)28(37)34-18-10-12-23(41-30(33)39)15-14-22(3)32/h8-11,13-14,17-19,21,23-24,27H,12,15-16H2,1-7H3,(H2,33,39)(H,34,37)(H,35,36)/b11-8-,13-9-,18-10-,20-19+,22-14+/t21-,23+,24?,27+/m0/s1. The van der Waals surface area contributed by atoms with Gasteiger partial charge in [-0.05, 0) is 31.5 Å². The molecular formula is C31H44ClN3O7. The molecule has 4 N–H and O–H groups in total. The molecule has 0 bridgehead atoms. The van der Waals surface area contributed by atoms with Crippen LogP contribution in [-0.2, 0) is 28.6 Å². The first-order chi connectivity index (χ1) is 19.6. The van der Waals surface area contributed by atoms with Crippen molar-refractivity contribution in [2.75, 3.05) is 7.11 Å². The number of primary amides is 1. The smallest absolute Gasteiger partial charge is 0.404 e. The van der Waals surface area contributed by atoms with E-state index in [9.17, 15) is 19.2 Å². The van der Waals surface area contributed by atoms with Crippen LogP contribution in [0.25, 0.3) is 0 Å². The zero-order chi connectivity index (χ0) is 31.9. The lowest BCUT2D eigenvalue weighted by atomic mass is 9.86. The fourth-order valence-corrected chi connectivity index (χ4v) is 4.02. The van der Waals surface area contributed by atoms with Gasteiger partial charge in [0, 0.05) is 36.3 Å². The number of halogens is 1. The van der Waals surface area contributed by atoms with E-state index in [0.717, 1.165) is 5.57 Å². The van der Waals surface area contributed by atoms with E-state index in [0.29, 0.717) is 24.3 Å². The third kappa shape index (κ3) is 14.2. The van der Waals surface area contributed by atoms with Crippen molar-refractivity contribution in [3.63, 3.8) is 0 Å². The number of allylic oxidation sites excluding steroid dienone is 5. The van der Waals surface area contributed by atoms with Crippen LogP contribution in [0, 0.1) is 11.3 Å². The van der Waals surface area contributed by atoms with Crippen molar-refractivity contribution in [3.8, 4) is 0 Å². The number of nitrogens with one attached hydrogen (secondary N) is 2. The van der Waals surface area contributed by atoms with Crippen LogP contribution in [0.4, 0.5) is 4.79 Å². The molecule has 1 aliphatic heterocycles. The van der Waals surface area contributed by atoms with E-state index in [1.807, 2.05) is 46.8 Å². The molecule has 0 saturated heterocycles. The summed E-state index contributed by atoms with van der Waals surface area (Å²) in [7, 11) is 1.43. The van der Waals surface area contributed by atoms with Crippen LogP contribution in [0.1, 0.15) is 60.8 Å². The summed E-state index contributed by atoms with van der Waals surface area (Å²) >= 11 is 5.84. The van der Waals surface area contributed by atoms with Crippen molar-refractivity contribution < 1.29 is 33.4 Å². The number of carbonyl (C=O) groups is 4. The van der Waals surface area contributed by atoms with Crippen LogP contribution < -0.4 is 16.4 Å². The second-order valence-corrected chi connectivity index (χ2v) is 11.6. The Morgan fingerprint density at radius 3 is 2.43 bits per heavy atom. The summed E-state index contributed by atoms with van der Waals surface area (Å²) in [6.07, 6.45) is 14.5. The summed E-state index contributed by atoms with van der Waals surface area (Å²) in [6, 6.07) is -0.823. The van der Waals surface area contributed by atoms with E-state index in [4.69, 9.17) is 31.5 Å². The van der Waals surface area contributed by atoms with Crippen molar-refractivity contribution >= 4 is 35.5 Å². The van der Waals surface area contributed by atoms with Crippen LogP contribution in [0.15, 0.2) is 71.2 Å². The van der Waals surface area contributed by atoms with Crippen LogP contribution in [0.2, 0.25) is 0 Å². The van der Waals surface area contributed by atoms with E-state index in [1.54, 1.807) is 37.3 Å². The molecule has 4 atom stereocenters. The number of hydrogen-bond acceptors (Lipinski definition) is 7. The molecule has 1 rings (SSSR count). The van der Waals surface area contributed by atoms with Gasteiger partial charge in [0.15, 0.2) is 5.76 Å². The van der Waals surface area contributed by atoms with E-state index in [2.05, 4.69) is 10.6 Å². The van der Waals surface area contributed by atoms with Gasteiger partial charge in [-0.15, -0.1) is 0 Å². The van der Waals surface area contributed by atoms with Crippen LogP contribution >= 0.6 is 11.6 Å². The monoisotopic (exact) mass is 605 g/mol. The first kappa shape index (κ1) is 36.2.